The molecule has 0 bridgehead atoms. The van der Waals surface area contributed by atoms with Crippen LogP contribution >= 0.6 is 0 Å². The van der Waals surface area contributed by atoms with Gasteiger partial charge in [0.25, 0.3) is 0 Å². The second-order valence-electron chi connectivity index (χ2n) is 7.47. The first-order valence-electron chi connectivity index (χ1n) is 10.5. The van der Waals surface area contributed by atoms with Gasteiger partial charge in [-0.15, -0.1) is 0 Å². The van der Waals surface area contributed by atoms with Crippen LogP contribution < -0.4 is 0 Å². The van der Waals surface area contributed by atoms with E-state index in [4.69, 9.17) is 19.2 Å². The largest absolute Gasteiger partial charge is 0.508 e. The maximum Gasteiger partial charge on any atom is 0.360 e. The van der Waals surface area contributed by atoms with Crippen molar-refractivity contribution in [2.24, 2.45) is 15.5 Å². The van der Waals surface area contributed by atoms with Gasteiger partial charge in [-0.1, -0.05) is 26.6 Å². The lowest BCUT2D eigenvalue weighted by Gasteiger charge is -2.22. The molecule has 0 radical (unpaired) electrons. The van der Waals surface area contributed by atoms with E-state index in [1.807, 2.05) is 20.8 Å². The summed E-state index contributed by atoms with van der Waals surface area (Å²) < 4.78 is 4.88. The summed E-state index contributed by atoms with van der Waals surface area (Å²) in [7, 11) is 2.68. The molecule has 1 aliphatic carbocycles. The molecule has 0 aliphatic heterocycles. The van der Waals surface area contributed by atoms with Crippen LogP contribution in [0.5, 0.6) is 5.75 Å². The average Bonchev–Trinajstić information content (AvgIpc) is 2.80. The lowest BCUT2D eigenvalue weighted by molar-refractivity contribution is -0.132. The Hall–Kier alpha value is -3.62. The summed E-state index contributed by atoms with van der Waals surface area (Å²) in [6, 6.07) is 6.56. The number of phenols is 1. The molecular formula is C24H31N3O6. The van der Waals surface area contributed by atoms with Crippen molar-refractivity contribution in [2.45, 2.75) is 40.5 Å². The molecule has 2 rings (SSSR count). The SMILES string of the molecule is CCO/N=C(/C(C)=N/OCC1=C(/C(=N\OC)C(=O)OC)CC(C)=C(C)C1)c1ccc(O)cc1. The molecule has 0 spiro atoms. The number of ether oxygens (including phenoxy) is 1. The second kappa shape index (κ2) is 12.4. The minimum absolute atomic E-state index is 0.119. The van der Waals surface area contributed by atoms with Crippen molar-refractivity contribution in [1.82, 2.24) is 0 Å². The summed E-state index contributed by atoms with van der Waals surface area (Å²) in [4.78, 5) is 28.1. The summed E-state index contributed by atoms with van der Waals surface area (Å²) in [6.45, 7) is 8.19. The number of nitrogens with zero attached hydrogens (tertiary/aromatic N) is 3. The molecule has 1 N–H and O–H groups in total. The molecule has 0 atom stereocenters. The van der Waals surface area contributed by atoms with Crippen LogP contribution in [0.25, 0.3) is 0 Å². The molecular weight excluding hydrogens is 426 g/mol. The van der Waals surface area contributed by atoms with E-state index in [0.29, 0.717) is 36.4 Å². The summed E-state index contributed by atoms with van der Waals surface area (Å²) in [5.74, 6) is -0.426. The molecule has 0 aromatic heterocycles. The molecule has 1 aromatic rings. The van der Waals surface area contributed by atoms with Crippen molar-refractivity contribution in [3.8, 4) is 5.75 Å². The summed E-state index contributed by atoms with van der Waals surface area (Å²) in [6.07, 6.45) is 1.16. The Bertz CT molecular complexity index is 1000. The molecule has 0 heterocycles. The van der Waals surface area contributed by atoms with Gasteiger partial charge in [0.15, 0.2) is 5.71 Å². The van der Waals surface area contributed by atoms with Crippen molar-refractivity contribution >= 4 is 23.1 Å². The third kappa shape index (κ3) is 6.93. The quantitative estimate of drug-likeness (QED) is 0.245. The number of allylic oxidation sites excluding steroid dienone is 2. The van der Waals surface area contributed by atoms with Crippen LogP contribution in [-0.2, 0) is 24.0 Å². The Morgan fingerprint density at radius 3 is 2.24 bits per heavy atom. The van der Waals surface area contributed by atoms with Gasteiger partial charge in [0.1, 0.15) is 37.5 Å². The minimum Gasteiger partial charge on any atom is -0.508 e. The van der Waals surface area contributed by atoms with Gasteiger partial charge in [-0.2, -0.15) is 0 Å². The van der Waals surface area contributed by atoms with Crippen molar-refractivity contribution in [3.63, 3.8) is 0 Å². The lowest BCUT2D eigenvalue weighted by atomic mass is 9.85. The van der Waals surface area contributed by atoms with Crippen LogP contribution in [-0.4, -0.2) is 55.6 Å². The van der Waals surface area contributed by atoms with Crippen LogP contribution in [0.15, 0.2) is 62.0 Å². The highest BCUT2D eigenvalue weighted by atomic mass is 16.6. The summed E-state index contributed by atoms with van der Waals surface area (Å²) >= 11 is 0. The Kier molecular flexibility index (Phi) is 9.65. The highest BCUT2D eigenvalue weighted by molar-refractivity contribution is 6.47. The number of hydrogen-bond acceptors (Lipinski definition) is 9. The number of carbonyl (C=O) groups excluding carboxylic acids is 1. The number of esters is 1. The van der Waals surface area contributed by atoms with Gasteiger partial charge >= 0.3 is 5.97 Å². The number of carbonyl (C=O) groups is 1. The van der Waals surface area contributed by atoms with Crippen LogP contribution in [0.2, 0.25) is 0 Å². The van der Waals surface area contributed by atoms with E-state index in [1.54, 1.807) is 31.2 Å². The monoisotopic (exact) mass is 457 g/mol. The number of oxime groups is 3. The molecule has 0 amide bonds. The van der Waals surface area contributed by atoms with Gasteiger partial charge in [0.2, 0.25) is 0 Å². The standard InChI is InChI=1S/C24H31N3O6/c1-7-32-27-22(18-8-10-20(28)11-9-18)17(4)25-33-14-19-12-15(2)16(3)13-21(19)23(26-31-6)24(29)30-5/h8-11,28H,7,12-14H2,1-6H3/b25-17+,26-23+,27-22-. The molecule has 178 valence electrons. The molecule has 0 saturated carbocycles. The smallest absolute Gasteiger partial charge is 0.360 e. The maximum atomic E-state index is 12.3. The van der Waals surface area contributed by atoms with E-state index in [1.165, 1.54) is 19.8 Å². The topological polar surface area (TPSA) is 111 Å². The van der Waals surface area contributed by atoms with Crippen LogP contribution in [0.4, 0.5) is 0 Å². The van der Waals surface area contributed by atoms with Gasteiger partial charge in [-0.25, -0.2) is 4.79 Å². The van der Waals surface area contributed by atoms with Gasteiger partial charge in [-0.3, -0.25) is 0 Å². The van der Waals surface area contributed by atoms with Gasteiger partial charge in [0, 0.05) is 5.56 Å². The zero-order valence-corrected chi connectivity index (χ0v) is 20.0. The summed E-state index contributed by atoms with van der Waals surface area (Å²) in [5.41, 5.74) is 5.74. The lowest BCUT2D eigenvalue weighted by Crippen LogP contribution is -2.23. The highest BCUT2D eigenvalue weighted by Gasteiger charge is 2.26. The first-order chi connectivity index (χ1) is 15.8. The molecule has 1 aliphatic rings. The third-order valence-electron chi connectivity index (χ3n) is 5.13. The van der Waals surface area contributed by atoms with Gasteiger partial charge < -0.3 is 24.4 Å². The highest BCUT2D eigenvalue weighted by Crippen LogP contribution is 2.31. The first-order valence-corrected chi connectivity index (χ1v) is 10.5. The van der Waals surface area contributed by atoms with E-state index >= 15 is 0 Å². The molecule has 33 heavy (non-hydrogen) atoms. The second-order valence-corrected chi connectivity index (χ2v) is 7.47. The van der Waals surface area contributed by atoms with E-state index < -0.39 is 5.97 Å². The third-order valence-corrected chi connectivity index (χ3v) is 5.13. The predicted molar refractivity (Wildman–Crippen MR) is 126 cm³/mol. The van der Waals surface area contributed by atoms with Crippen LogP contribution in [0, 0.1) is 0 Å². The molecule has 0 fully saturated rings. The Morgan fingerprint density at radius 2 is 1.64 bits per heavy atom. The number of benzene rings is 1. The fraction of sp³-hybridized carbons (Fsp3) is 0.417. The van der Waals surface area contributed by atoms with Crippen molar-refractivity contribution < 1.29 is 29.2 Å². The number of aromatic hydroxyl groups is 1. The van der Waals surface area contributed by atoms with E-state index in [-0.39, 0.29) is 18.1 Å². The fourth-order valence-corrected chi connectivity index (χ4v) is 3.24. The number of rotatable bonds is 10. The Morgan fingerprint density at radius 1 is 0.970 bits per heavy atom. The number of phenolic OH excluding ortho intramolecular Hbond substituents is 1. The van der Waals surface area contributed by atoms with Crippen molar-refractivity contribution in [3.05, 3.63) is 52.1 Å². The normalized spacial score (nSPS) is 15.5. The van der Waals surface area contributed by atoms with Crippen LogP contribution in [0.3, 0.4) is 0 Å². The first kappa shape index (κ1) is 25.6. The molecule has 0 saturated heterocycles. The predicted octanol–water partition coefficient (Wildman–Crippen LogP) is 4.13. The summed E-state index contributed by atoms with van der Waals surface area (Å²) in [5, 5.41) is 21.8. The van der Waals surface area contributed by atoms with Crippen LogP contribution in [0.1, 0.15) is 46.1 Å². The van der Waals surface area contributed by atoms with Crippen molar-refractivity contribution in [1.29, 1.82) is 0 Å². The zero-order chi connectivity index (χ0) is 24.4. The maximum absolute atomic E-state index is 12.3. The van der Waals surface area contributed by atoms with E-state index in [2.05, 4.69) is 15.5 Å². The number of methoxy groups -OCH3 is 1. The van der Waals surface area contributed by atoms with Gasteiger partial charge in [-0.05, 0) is 75.9 Å². The minimum atomic E-state index is -0.574. The Labute approximate surface area is 194 Å². The van der Waals surface area contributed by atoms with Gasteiger partial charge in [0.05, 0.1) is 7.11 Å². The average molecular weight is 458 g/mol. The van der Waals surface area contributed by atoms with E-state index in [0.717, 1.165) is 16.7 Å². The zero-order valence-electron chi connectivity index (χ0n) is 20.0. The molecule has 1 aromatic carbocycles. The number of hydrogen-bond donors (Lipinski definition) is 1. The van der Waals surface area contributed by atoms with E-state index in [9.17, 15) is 9.90 Å². The fourth-order valence-electron chi connectivity index (χ4n) is 3.24. The molecule has 0 unspecified atom stereocenters. The Balaban J connectivity index is 2.31. The molecule has 9 nitrogen and oxygen atoms in total. The van der Waals surface area contributed by atoms with Crippen molar-refractivity contribution in [2.75, 3.05) is 27.4 Å². The molecule has 9 heteroatoms.